The standard InChI is InChI=1S/C24H24N6O3/c1-33-20-13-25-12-17-22(20)24(30-10-8-18(31)19(32)14-30)29-23(28-17)15-7-9-26-21(11-15)27-16-5-3-2-4-6-16/h2-7,9,11-13,18-19,31-32H,8,10,14H2,1H3,(H,26,27)/t18-,19+/m0/s1. The molecule has 4 heterocycles. The smallest absolute Gasteiger partial charge is 0.162 e. The van der Waals surface area contributed by atoms with E-state index < -0.39 is 12.2 Å². The summed E-state index contributed by atoms with van der Waals surface area (Å²) >= 11 is 0. The van der Waals surface area contributed by atoms with Crippen molar-refractivity contribution in [2.45, 2.75) is 18.6 Å². The highest BCUT2D eigenvalue weighted by atomic mass is 16.5. The second-order valence-corrected chi connectivity index (χ2v) is 7.90. The first-order chi connectivity index (χ1) is 16.1. The van der Waals surface area contributed by atoms with Gasteiger partial charge in [0.05, 0.1) is 42.6 Å². The molecule has 1 aliphatic rings. The van der Waals surface area contributed by atoms with E-state index in [0.717, 1.165) is 16.6 Å². The molecule has 9 nitrogen and oxygen atoms in total. The summed E-state index contributed by atoms with van der Waals surface area (Å²) in [5.41, 5.74) is 2.34. The molecule has 1 saturated heterocycles. The minimum atomic E-state index is -0.859. The van der Waals surface area contributed by atoms with Gasteiger partial charge in [-0.2, -0.15) is 0 Å². The van der Waals surface area contributed by atoms with Gasteiger partial charge < -0.3 is 25.2 Å². The molecule has 3 N–H and O–H groups in total. The summed E-state index contributed by atoms with van der Waals surface area (Å²) in [6, 6.07) is 13.5. The predicted octanol–water partition coefficient (Wildman–Crippen LogP) is 2.77. The van der Waals surface area contributed by atoms with E-state index in [4.69, 9.17) is 14.7 Å². The van der Waals surface area contributed by atoms with Gasteiger partial charge in [0.1, 0.15) is 17.4 Å². The Labute approximate surface area is 190 Å². The Morgan fingerprint density at radius 2 is 1.91 bits per heavy atom. The molecule has 0 bridgehead atoms. The summed E-state index contributed by atoms with van der Waals surface area (Å²) in [4.78, 5) is 20.2. The van der Waals surface area contributed by atoms with Gasteiger partial charge in [0.15, 0.2) is 5.82 Å². The molecule has 0 aliphatic carbocycles. The number of methoxy groups -OCH3 is 1. The summed E-state index contributed by atoms with van der Waals surface area (Å²) in [5, 5.41) is 24.3. The highest BCUT2D eigenvalue weighted by Crippen LogP contribution is 2.35. The Hall–Kier alpha value is -3.82. The van der Waals surface area contributed by atoms with Crippen molar-refractivity contribution in [2.75, 3.05) is 30.4 Å². The molecule has 0 spiro atoms. The van der Waals surface area contributed by atoms with Gasteiger partial charge in [0.2, 0.25) is 0 Å². The lowest BCUT2D eigenvalue weighted by Gasteiger charge is -2.35. The van der Waals surface area contributed by atoms with E-state index in [1.807, 2.05) is 47.4 Å². The largest absolute Gasteiger partial charge is 0.494 e. The number of piperidine rings is 1. The maximum Gasteiger partial charge on any atom is 0.162 e. The van der Waals surface area contributed by atoms with Crippen LogP contribution in [0.3, 0.4) is 0 Å². The Balaban J connectivity index is 1.59. The monoisotopic (exact) mass is 444 g/mol. The van der Waals surface area contributed by atoms with E-state index in [9.17, 15) is 10.2 Å². The van der Waals surface area contributed by atoms with Crippen LogP contribution in [-0.2, 0) is 0 Å². The summed E-state index contributed by atoms with van der Waals surface area (Å²) < 4.78 is 5.54. The molecule has 0 radical (unpaired) electrons. The van der Waals surface area contributed by atoms with Gasteiger partial charge in [-0.05, 0) is 30.7 Å². The van der Waals surface area contributed by atoms with E-state index in [0.29, 0.717) is 41.7 Å². The molecule has 9 heteroatoms. The van der Waals surface area contributed by atoms with Crippen LogP contribution >= 0.6 is 0 Å². The van der Waals surface area contributed by atoms with Gasteiger partial charge in [-0.15, -0.1) is 0 Å². The number of nitrogens with one attached hydrogen (secondary N) is 1. The third-order valence-electron chi connectivity index (χ3n) is 5.68. The molecule has 0 unspecified atom stereocenters. The fourth-order valence-corrected chi connectivity index (χ4v) is 3.97. The van der Waals surface area contributed by atoms with Gasteiger partial charge in [-0.1, -0.05) is 18.2 Å². The van der Waals surface area contributed by atoms with E-state index in [-0.39, 0.29) is 6.54 Å². The van der Waals surface area contributed by atoms with Crippen LogP contribution in [0, 0.1) is 0 Å². The van der Waals surface area contributed by atoms with Crippen molar-refractivity contribution >= 4 is 28.2 Å². The number of aliphatic hydroxyl groups excluding tert-OH is 2. The van der Waals surface area contributed by atoms with Gasteiger partial charge in [0.25, 0.3) is 0 Å². The molecule has 33 heavy (non-hydrogen) atoms. The number of aliphatic hydroxyl groups is 2. The molecule has 0 amide bonds. The number of hydrogen-bond donors (Lipinski definition) is 3. The lowest BCUT2D eigenvalue weighted by atomic mass is 10.0. The first-order valence-electron chi connectivity index (χ1n) is 10.7. The van der Waals surface area contributed by atoms with E-state index in [1.165, 1.54) is 0 Å². The van der Waals surface area contributed by atoms with Crippen molar-refractivity contribution in [1.29, 1.82) is 0 Å². The number of anilines is 3. The molecule has 168 valence electrons. The van der Waals surface area contributed by atoms with Crippen LogP contribution in [0.2, 0.25) is 0 Å². The van der Waals surface area contributed by atoms with Gasteiger partial charge >= 0.3 is 0 Å². The van der Waals surface area contributed by atoms with Crippen molar-refractivity contribution in [3.8, 4) is 17.1 Å². The molecule has 2 atom stereocenters. The van der Waals surface area contributed by atoms with Crippen molar-refractivity contribution in [3.05, 3.63) is 61.1 Å². The van der Waals surface area contributed by atoms with Crippen molar-refractivity contribution < 1.29 is 14.9 Å². The van der Waals surface area contributed by atoms with Crippen LogP contribution in [0.5, 0.6) is 5.75 Å². The number of ether oxygens (including phenoxy) is 1. The Kier molecular flexibility index (Phi) is 5.72. The lowest BCUT2D eigenvalue weighted by molar-refractivity contribution is 0.00792. The Bertz CT molecular complexity index is 1270. The van der Waals surface area contributed by atoms with Crippen LogP contribution in [0.1, 0.15) is 6.42 Å². The van der Waals surface area contributed by atoms with Crippen molar-refractivity contribution in [3.63, 3.8) is 0 Å². The summed E-state index contributed by atoms with van der Waals surface area (Å²) in [6.45, 7) is 0.807. The highest BCUT2D eigenvalue weighted by molar-refractivity contribution is 5.95. The average molecular weight is 444 g/mol. The fourth-order valence-electron chi connectivity index (χ4n) is 3.97. The Morgan fingerprint density at radius 3 is 2.70 bits per heavy atom. The predicted molar refractivity (Wildman–Crippen MR) is 126 cm³/mol. The Morgan fingerprint density at radius 1 is 1.06 bits per heavy atom. The molecule has 1 fully saturated rings. The SMILES string of the molecule is COc1cncc2nc(-c3ccnc(Nc4ccccc4)c3)nc(N3CC[C@H](O)[C@H](O)C3)c12. The topological polar surface area (TPSA) is 117 Å². The third-order valence-corrected chi connectivity index (χ3v) is 5.68. The number of fused-ring (bicyclic) bond motifs is 1. The molecule has 4 aromatic rings. The normalized spacial score (nSPS) is 18.3. The maximum atomic E-state index is 10.3. The molecular formula is C24H24N6O3. The van der Waals surface area contributed by atoms with Crippen LogP contribution in [-0.4, -0.2) is 62.6 Å². The second kappa shape index (κ2) is 8.97. The lowest BCUT2D eigenvalue weighted by Crippen LogP contribution is -2.47. The maximum absolute atomic E-state index is 10.3. The number of para-hydroxylation sites is 1. The number of β-amino-alcohol motifs (C(OH)–C–C–N with tert-alkyl or cyclic N) is 1. The number of nitrogens with zero attached hydrogens (tertiary/aromatic N) is 5. The minimum Gasteiger partial charge on any atom is -0.494 e. The minimum absolute atomic E-state index is 0.259. The number of hydrogen-bond acceptors (Lipinski definition) is 9. The fraction of sp³-hybridized carbons (Fsp3) is 0.250. The van der Waals surface area contributed by atoms with Crippen molar-refractivity contribution in [2.24, 2.45) is 0 Å². The molecule has 1 aromatic carbocycles. The van der Waals surface area contributed by atoms with Crippen LogP contribution in [0.4, 0.5) is 17.3 Å². The first kappa shape index (κ1) is 21.0. The van der Waals surface area contributed by atoms with Crippen LogP contribution in [0.15, 0.2) is 61.1 Å². The zero-order valence-corrected chi connectivity index (χ0v) is 18.1. The van der Waals surface area contributed by atoms with Crippen molar-refractivity contribution in [1.82, 2.24) is 19.9 Å². The zero-order valence-electron chi connectivity index (χ0n) is 18.1. The number of aromatic nitrogens is 4. The number of benzene rings is 1. The number of rotatable bonds is 5. The quantitative estimate of drug-likeness (QED) is 0.427. The zero-order chi connectivity index (χ0) is 22.8. The first-order valence-corrected chi connectivity index (χ1v) is 10.7. The second-order valence-electron chi connectivity index (χ2n) is 7.90. The van der Waals surface area contributed by atoms with Crippen LogP contribution < -0.4 is 15.0 Å². The summed E-state index contributed by atoms with van der Waals surface area (Å²) in [6.07, 6.45) is 3.84. The average Bonchev–Trinajstić information content (AvgIpc) is 2.85. The summed E-state index contributed by atoms with van der Waals surface area (Å²) in [5.74, 6) is 2.36. The van der Waals surface area contributed by atoms with Gasteiger partial charge in [-0.3, -0.25) is 4.98 Å². The van der Waals surface area contributed by atoms with E-state index in [1.54, 1.807) is 25.7 Å². The van der Waals surface area contributed by atoms with E-state index in [2.05, 4.69) is 15.3 Å². The molecule has 1 aliphatic heterocycles. The van der Waals surface area contributed by atoms with Gasteiger partial charge in [0, 0.05) is 30.5 Å². The molecular weight excluding hydrogens is 420 g/mol. The number of pyridine rings is 2. The third kappa shape index (κ3) is 4.28. The van der Waals surface area contributed by atoms with E-state index >= 15 is 0 Å². The molecule has 3 aromatic heterocycles. The summed E-state index contributed by atoms with van der Waals surface area (Å²) in [7, 11) is 1.58. The van der Waals surface area contributed by atoms with Gasteiger partial charge in [-0.25, -0.2) is 15.0 Å². The molecule has 0 saturated carbocycles. The molecule has 5 rings (SSSR count). The van der Waals surface area contributed by atoms with Crippen LogP contribution in [0.25, 0.3) is 22.3 Å². The highest BCUT2D eigenvalue weighted by Gasteiger charge is 2.29.